The Morgan fingerprint density at radius 1 is 1.10 bits per heavy atom. The van der Waals surface area contributed by atoms with E-state index in [9.17, 15) is 4.79 Å². The molecule has 204 valence electrons. The second-order valence-corrected chi connectivity index (χ2v) is 10.2. The van der Waals surface area contributed by atoms with Crippen molar-refractivity contribution >= 4 is 12.0 Å². The van der Waals surface area contributed by atoms with Gasteiger partial charge in [0.2, 0.25) is 5.36 Å². The third kappa shape index (κ3) is 5.55. The third-order valence-electron chi connectivity index (χ3n) is 7.97. The summed E-state index contributed by atoms with van der Waals surface area (Å²) >= 11 is 0. The van der Waals surface area contributed by atoms with Gasteiger partial charge in [-0.05, 0) is 51.6 Å². The van der Waals surface area contributed by atoms with Crippen molar-refractivity contribution in [2.24, 2.45) is 0 Å². The number of nitrogens with zero attached hydrogens (tertiary/aromatic N) is 4. The molecule has 1 atom stereocenters. The van der Waals surface area contributed by atoms with E-state index >= 15 is 0 Å². The molecule has 1 aromatic rings. The van der Waals surface area contributed by atoms with Crippen LogP contribution < -0.4 is 9.93 Å². The van der Waals surface area contributed by atoms with Crippen LogP contribution in [0.4, 0.5) is 0 Å². The van der Waals surface area contributed by atoms with Crippen LogP contribution in [0.15, 0.2) is 46.9 Å². The first-order valence-corrected chi connectivity index (χ1v) is 14.2. The van der Waals surface area contributed by atoms with Crippen molar-refractivity contribution in [2.75, 3.05) is 39.8 Å². The number of hydrogen-bond donors (Lipinski definition) is 0. The lowest BCUT2D eigenvalue weighted by Crippen LogP contribution is -2.36. The van der Waals surface area contributed by atoms with Crippen LogP contribution in [0, 0.1) is 18.3 Å². The summed E-state index contributed by atoms with van der Waals surface area (Å²) in [5.41, 5.74) is 5.79. The Bertz CT molecular complexity index is 1450. The normalized spacial score (nSPS) is 14.4. The first-order valence-electron chi connectivity index (χ1n) is 14.2. The molecule has 1 heterocycles. The van der Waals surface area contributed by atoms with Gasteiger partial charge in [-0.25, -0.2) is 4.58 Å². The number of carbonyl (C=O) groups excluding carboxylic acids is 1. The predicted octanol–water partition coefficient (Wildman–Crippen LogP) is 5.44. The Labute approximate surface area is 232 Å². The minimum atomic E-state index is -0.0826. The lowest BCUT2D eigenvalue weighted by atomic mass is 9.85. The number of hydrogen-bond acceptors (Lipinski definition) is 4. The average molecular weight is 526 g/mol. The summed E-state index contributed by atoms with van der Waals surface area (Å²) < 4.78 is 9.07. The van der Waals surface area contributed by atoms with Gasteiger partial charge in [0.25, 0.3) is 5.91 Å². The number of nitriles is 1. The summed E-state index contributed by atoms with van der Waals surface area (Å²) in [6.07, 6.45) is 5.55. The molecular formula is C33H41N4O2+. The third-order valence-corrected chi connectivity index (χ3v) is 7.97. The molecule has 2 aliphatic carbocycles. The number of benzene rings is 2. The SMILES string of the molecule is CCN(CC)C1C=Cc2c(oc3cc(=[N+](CC)CC)c(C)cc-3c2-c2ccccc2C(=O)N(C)CCC#N)C1. The lowest BCUT2D eigenvalue weighted by molar-refractivity contribution is 0.0798. The maximum absolute atomic E-state index is 13.6. The van der Waals surface area contributed by atoms with Crippen LogP contribution in [-0.4, -0.2) is 61.5 Å². The van der Waals surface area contributed by atoms with Crippen LogP contribution in [0.5, 0.6) is 0 Å². The Kier molecular flexibility index (Phi) is 9.04. The molecule has 1 aromatic carbocycles. The minimum Gasteiger partial charge on any atom is -0.460 e. The smallest absolute Gasteiger partial charge is 0.254 e. The molecule has 3 aliphatic rings. The second kappa shape index (κ2) is 12.4. The molecule has 6 nitrogen and oxygen atoms in total. The van der Waals surface area contributed by atoms with Gasteiger partial charge in [0, 0.05) is 53.9 Å². The van der Waals surface area contributed by atoms with E-state index < -0.39 is 0 Å². The number of likely N-dealkylation sites (N-methyl/N-ethyl adjacent to an activating group) is 1. The van der Waals surface area contributed by atoms with Crippen LogP contribution in [0.3, 0.4) is 0 Å². The molecule has 6 heteroatoms. The average Bonchev–Trinajstić information content (AvgIpc) is 2.96. The van der Waals surface area contributed by atoms with Crippen LogP contribution in [0.1, 0.15) is 61.4 Å². The summed E-state index contributed by atoms with van der Waals surface area (Å²) in [5, 5.41) is 10.2. The maximum atomic E-state index is 13.6. The molecule has 39 heavy (non-hydrogen) atoms. The molecule has 0 aromatic heterocycles. The molecule has 0 bridgehead atoms. The van der Waals surface area contributed by atoms with Gasteiger partial charge in [-0.1, -0.05) is 44.2 Å². The van der Waals surface area contributed by atoms with Gasteiger partial charge in [0.15, 0.2) is 0 Å². The summed E-state index contributed by atoms with van der Waals surface area (Å²) in [6, 6.07) is 14.6. The maximum Gasteiger partial charge on any atom is 0.254 e. The van der Waals surface area contributed by atoms with Gasteiger partial charge >= 0.3 is 0 Å². The zero-order valence-corrected chi connectivity index (χ0v) is 24.3. The Morgan fingerprint density at radius 3 is 2.49 bits per heavy atom. The highest BCUT2D eigenvalue weighted by molar-refractivity contribution is 6.04. The summed E-state index contributed by atoms with van der Waals surface area (Å²) in [7, 11) is 1.76. The van der Waals surface area contributed by atoms with Crippen molar-refractivity contribution in [3.8, 4) is 28.5 Å². The predicted molar refractivity (Wildman–Crippen MR) is 158 cm³/mol. The largest absolute Gasteiger partial charge is 0.460 e. The molecule has 1 unspecified atom stereocenters. The first-order chi connectivity index (χ1) is 18.9. The van der Waals surface area contributed by atoms with E-state index in [1.54, 1.807) is 11.9 Å². The highest BCUT2D eigenvalue weighted by Crippen LogP contribution is 2.43. The molecule has 0 spiro atoms. The Balaban J connectivity index is 2.02. The van der Waals surface area contributed by atoms with Crippen molar-refractivity contribution < 1.29 is 9.21 Å². The monoisotopic (exact) mass is 525 g/mol. The quantitative estimate of drug-likeness (QED) is 0.349. The molecule has 0 fully saturated rings. The van der Waals surface area contributed by atoms with E-state index in [1.807, 2.05) is 24.3 Å². The Hall–Kier alpha value is -3.69. The number of rotatable bonds is 9. The van der Waals surface area contributed by atoms with Crippen LogP contribution in [0.25, 0.3) is 28.5 Å². The fourth-order valence-corrected chi connectivity index (χ4v) is 5.77. The first kappa shape index (κ1) is 28.3. The second-order valence-electron chi connectivity index (χ2n) is 10.2. The van der Waals surface area contributed by atoms with Crippen molar-refractivity contribution in [3.63, 3.8) is 0 Å². The van der Waals surface area contributed by atoms with Gasteiger partial charge in [0.05, 0.1) is 18.6 Å². The zero-order chi connectivity index (χ0) is 28.1. The van der Waals surface area contributed by atoms with Crippen LogP contribution in [-0.2, 0) is 6.42 Å². The van der Waals surface area contributed by atoms with Crippen LogP contribution in [0.2, 0.25) is 0 Å². The van der Waals surface area contributed by atoms with Crippen molar-refractivity contribution in [1.29, 1.82) is 5.26 Å². The van der Waals surface area contributed by atoms with Crippen molar-refractivity contribution in [1.82, 2.24) is 14.4 Å². The number of amides is 1. The van der Waals surface area contributed by atoms with E-state index in [0.29, 0.717) is 18.5 Å². The number of fused-ring (bicyclic) bond motifs is 2. The molecule has 0 N–H and O–H groups in total. The minimum absolute atomic E-state index is 0.0826. The standard InChI is InChI=1S/C33H41N4O2/c1-7-36(8-2)24-16-17-27-30(21-24)39-31-22-29(37(9-3)10-4)23(5)20-28(31)32(27)25-14-11-12-15-26(25)33(38)35(6)19-13-18-34/h11-12,14-17,20,22,24H,7-10,13,19,21H2,1-6H3/q+1. The summed E-state index contributed by atoms with van der Waals surface area (Å²) in [4.78, 5) is 17.7. The van der Waals surface area contributed by atoms with Gasteiger partial charge in [-0.2, -0.15) is 5.26 Å². The summed E-state index contributed by atoms with van der Waals surface area (Å²) in [6.45, 7) is 15.1. The van der Waals surface area contributed by atoms with Gasteiger partial charge in [-0.3, -0.25) is 9.69 Å². The Morgan fingerprint density at radius 2 is 1.82 bits per heavy atom. The molecule has 0 radical (unpaired) electrons. The van der Waals surface area contributed by atoms with E-state index in [4.69, 9.17) is 9.68 Å². The van der Waals surface area contributed by atoms with Gasteiger partial charge < -0.3 is 9.32 Å². The van der Waals surface area contributed by atoms with E-state index in [0.717, 1.165) is 66.4 Å². The summed E-state index contributed by atoms with van der Waals surface area (Å²) in [5.74, 6) is 1.71. The van der Waals surface area contributed by atoms with E-state index in [-0.39, 0.29) is 11.9 Å². The van der Waals surface area contributed by atoms with Crippen LogP contribution >= 0.6 is 0 Å². The van der Waals surface area contributed by atoms with Crippen molar-refractivity contribution in [2.45, 2.75) is 53.5 Å². The lowest BCUT2D eigenvalue weighted by Gasteiger charge is -2.31. The zero-order valence-electron chi connectivity index (χ0n) is 24.3. The van der Waals surface area contributed by atoms with E-state index in [1.165, 1.54) is 10.9 Å². The molecule has 1 amide bonds. The van der Waals surface area contributed by atoms with Gasteiger partial charge in [-0.15, -0.1) is 0 Å². The van der Waals surface area contributed by atoms with Crippen molar-refractivity contribution in [3.05, 3.63) is 70.3 Å². The fraction of sp³-hybridized carbons (Fsp3) is 0.424. The van der Waals surface area contributed by atoms with Gasteiger partial charge in [0.1, 0.15) is 24.6 Å². The van der Waals surface area contributed by atoms with E-state index in [2.05, 4.69) is 74.4 Å². The highest BCUT2D eigenvalue weighted by Gasteiger charge is 2.29. The molecule has 0 saturated heterocycles. The molecular weight excluding hydrogens is 484 g/mol. The fourth-order valence-electron chi connectivity index (χ4n) is 5.77. The molecule has 1 aliphatic heterocycles. The highest BCUT2D eigenvalue weighted by atomic mass is 16.3. The topological polar surface area (TPSA) is 63.5 Å². The molecule has 0 saturated carbocycles. The molecule has 4 rings (SSSR count). The number of aryl methyl sites for hydroxylation is 1. The number of carbonyl (C=O) groups is 1.